The summed E-state index contributed by atoms with van der Waals surface area (Å²) in [5.74, 6) is 0.246. The summed E-state index contributed by atoms with van der Waals surface area (Å²) in [4.78, 5) is 50.7. The van der Waals surface area contributed by atoms with Crippen LogP contribution in [0.2, 0.25) is 0 Å². The average Bonchev–Trinajstić information content (AvgIpc) is 2.77. The Labute approximate surface area is 181 Å². The zero-order valence-corrected chi connectivity index (χ0v) is 18.8. The summed E-state index contributed by atoms with van der Waals surface area (Å²) in [5.41, 5.74) is 2.11. The molecule has 4 rings (SSSR count). The molecule has 2 aromatic rings. The van der Waals surface area contributed by atoms with Gasteiger partial charge in [-0.15, -0.1) is 0 Å². The third-order valence-electron chi connectivity index (χ3n) is 6.71. The van der Waals surface area contributed by atoms with Crippen LogP contribution in [0.15, 0.2) is 21.7 Å². The smallest absolute Gasteiger partial charge is 0.263 e. The molecule has 0 radical (unpaired) electrons. The first-order valence-corrected chi connectivity index (χ1v) is 11.1. The van der Waals surface area contributed by atoms with Crippen LogP contribution in [0.25, 0.3) is 0 Å². The number of nitrogens with zero attached hydrogens (tertiary/aromatic N) is 4. The van der Waals surface area contributed by atoms with Crippen LogP contribution in [0.4, 0.5) is 0 Å². The zero-order chi connectivity index (χ0) is 22.3. The van der Waals surface area contributed by atoms with Crippen molar-refractivity contribution in [3.63, 3.8) is 0 Å². The Morgan fingerprint density at radius 1 is 1.19 bits per heavy atom. The van der Waals surface area contributed by atoms with E-state index in [0.29, 0.717) is 25.0 Å². The molecule has 166 valence electrons. The Morgan fingerprint density at radius 3 is 2.71 bits per heavy atom. The number of likely N-dealkylation sites (tertiary alicyclic amines) is 1. The quantitative estimate of drug-likeness (QED) is 0.811. The lowest BCUT2D eigenvalue weighted by molar-refractivity contribution is 0.0596. The van der Waals surface area contributed by atoms with Crippen LogP contribution >= 0.6 is 0 Å². The number of hydrogen-bond acceptors (Lipinski definition) is 5. The summed E-state index contributed by atoms with van der Waals surface area (Å²) in [6, 6.07) is 3.44. The van der Waals surface area contributed by atoms with Crippen molar-refractivity contribution in [2.45, 2.75) is 65.1 Å². The molecular weight excluding hydrogens is 394 g/mol. The lowest BCUT2D eigenvalue weighted by atomic mass is 9.99. The number of nitrogens with one attached hydrogen (secondary N) is 1. The monoisotopic (exact) mass is 425 g/mol. The van der Waals surface area contributed by atoms with Crippen molar-refractivity contribution in [3.8, 4) is 0 Å². The average molecular weight is 426 g/mol. The van der Waals surface area contributed by atoms with Crippen LogP contribution in [0.1, 0.15) is 72.3 Å². The van der Waals surface area contributed by atoms with Crippen molar-refractivity contribution < 1.29 is 4.79 Å². The number of aromatic nitrogens is 3. The largest absolute Gasteiger partial charge is 0.328 e. The van der Waals surface area contributed by atoms with Crippen molar-refractivity contribution in [2.75, 3.05) is 13.1 Å². The standard InChI is InChI=1S/C23H31N5O3/c1-14(2)27-12-10-18-17(13-27)21(29)25-20(24-18)19-7-5-6-11-28(19)23(31)16-9-8-15(3)26(4)22(16)30/h8-9,14,19H,5-7,10-13H2,1-4H3,(H,24,25,29)/t19-/m1/s1. The minimum absolute atomic E-state index is 0.116. The molecule has 0 aliphatic carbocycles. The molecule has 0 saturated carbocycles. The van der Waals surface area contributed by atoms with E-state index < -0.39 is 0 Å². The van der Waals surface area contributed by atoms with Crippen LogP contribution in [0, 0.1) is 6.92 Å². The van der Waals surface area contributed by atoms with Crippen LogP contribution in [-0.4, -0.2) is 49.4 Å². The number of fused-ring (bicyclic) bond motifs is 1. The van der Waals surface area contributed by atoms with Gasteiger partial charge in [-0.3, -0.25) is 19.3 Å². The third kappa shape index (κ3) is 3.96. The van der Waals surface area contributed by atoms with Gasteiger partial charge in [-0.05, 0) is 52.2 Å². The maximum atomic E-state index is 13.3. The van der Waals surface area contributed by atoms with E-state index in [-0.39, 0.29) is 28.6 Å². The minimum Gasteiger partial charge on any atom is -0.328 e. The van der Waals surface area contributed by atoms with Crippen molar-refractivity contribution in [2.24, 2.45) is 7.05 Å². The van der Waals surface area contributed by atoms with Crippen LogP contribution in [0.3, 0.4) is 0 Å². The maximum absolute atomic E-state index is 13.3. The van der Waals surface area contributed by atoms with Gasteiger partial charge in [0.05, 0.1) is 17.3 Å². The van der Waals surface area contributed by atoms with Gasteiger partial charge in [-0.25, -0.2) is 4.98 Å². The predicted molar refractivity (Wildman–Crippen MR) is 118 cm³/mol. The molecule has 2 aromatic heterocycles. The van der Waals surface area contributed by atoms with Gasteiger partial charge in [-0.2, -0.15) is 0 Å². The number of aryl methyl sites for hydroxylation is 1. The number of piperidine rings is 1. The highest BCUT2D eigenvalue weighted by Gasteiger charge is 2.33. The molecule has 2 aliphatic rings. The molecule has 1 atom stereocenters. The molecule has 1 saturated heterocycles. The predicted octanol–water partition coefficient (Wildman–Crippen LogP) is 1.91. The van der Waals surface area contributed by atoms with Gasteiger partial charge in [0.25, 0.3) is 17.0 Å². The number of amides is 1. The minimum atomic E-state index is -0.326. The molecular formula is C23H31N5O3. The molecule has 31 heavy (non-hydrogen) atoms. The first-order chi connectivity index (χ1) is 14.8. The Kier molecular flexibility index (Phi) is 5.83. The SMILES string of the molecule is Cc1ccc(C(=O)N2CCCC[C@@H]2c2nc3c(c(=O)[nH]2)CN(C(C)C)CC3)c(=O)n1C. The highest BCUT2D eigenvalue weighted by Crippen LogP contribution is 2.30. The molecule has 0 unspecified atom stereocenters. The van der Waals surface area contributed by atoms with Crippen molar-refractivity contribution >= 4 is 5.91 Å². The maximum Gasteiger partial charge on any atom is 0.263 e. The molecule has 0 spiro atoms. The molecule has 2 aliphatic heterocycles. The summed E-state index contributed by atoms with van der Waals surface area (Å²) >= 11 is 0. The van der Waals surface area contributed by atoms with Gasteiger partial charge in [0.15, 0.2) is 0 Å². The van der Waals surface area contributed by atoms with Gasteiger partial charge in [0.2, 0.25) is 0 Å². The van der Waals surface area contributed by atoms with Crippen molar-refractivity contribution in [1.29, 1.82) is 0 Å². The molecule has 1 amide bonds. The Balaban J connectivity index is 1.68. The van der Waals surface area contributed by atoms with Gasteiger partial charge in [-0.1, -0.05) is 0 Å². The second-order valence-corrected chi connectivity index (χ2v) is 8.95. The van der Waals surface area contributed by atoms with Gasteiger partial charge >= 0.3 is 0 Å². The topological polar surface area (TPSA) is 91.3 Å². The first kappa shape index (κ1) is 21.5. The molecule has 0 bridgehead atoms. The van der Waals surface area contributed by atoms with Crippen molar-refractivity contribution in [3.05, 3.63) is 61.2 Å². The molecule has 4 heterocycles. The summed E-state index contributed by atoms with van der Waals surface area (Å²) in [6.07, 6.45) is 3.26. The van der Waals surface area contributed by atoms with E-state index in [9.17, 15) is 14.4 Å². The van der Waals surface area contributed by atoms with Gasteiger partial charge < -0.3 is 14.5 Å². The summed E-state index contributed by atoms with van der Waals surface area (Å²) in [5, 5.41) is 0. The Hall–Kier alpha value is -2.74. The summed E-state index contributed by atoms with van der Waals surface area (Å²) < 4.78 is 1.49. The summed E-state index contributed by atoms with van der Waals surface area (Å²) in [7, 11) is 1.67. The fourth-order valence-corrected chi connectivity index (χ4v) is 4.57. The van der Waals surface area contributed by atoms with Gasteiger partial charge in [0, 0.05) is 44.8 Å². The number of hydrogen-bond donors (Lipinski definition) is 1. The van der Waals surface area contributed by atoms with E-state index in [1.54, 1.807) is 24.1 Å². The number of H-pyrrole nitrogens is 1. The first-order valence-electron chi connectivity index (χ1n) is 11.1. The highest BCUT2D eigenvalue weighted by molar-refractivity contribution is 5.94. The zero-order valence-electron chi connectivity index (χ0n) is 18.8. The van der Waals surface area contributed by atoms with E-state index in [4.69, 9.17) is 4.98 Å². The fraction of sp³-hybridized carbons (Fsp3) is 0.565. The lowest BCUT2D eigenvalue weighted by Crippen LogP contribution is -2.44. The Bertz CT molecular complexity index is 1120. The Morgan fingerprint density at radius 2 is 1.97 bits per heavy atom. The molecule has 8 nitrogen and oxygen atoms in total. The normalized spacial score (nSPS) is 19.5. The molecule has 1 N–H and O–H groups in total. The molecule has 8 heteroatoms. The second-order valence-electron chi connectivity index (χ2n) is 8.95. The van der Waals surface area contributed by atoms with Crippen LogP contribution < -0.4 is 11.1 Å². The van der Waals surface area contributed by atoms with Crippen LogP contribution in [-0.2, 0) is 20.0 Å². The van der Waals surface area contributed by atoms with Crippen molar-refractivity contribution in [1.82, 2.24) is 24.3 Å². The van der Waals surface area contributed by atoms with E-state index in [0.717, 1.165) is 49.2 Å². The fourth-order valence-electron chi connectivity index (χ4n) is 4.57. The van der Waals surface area contributed by atoms with Crippen LogP contribution in [0.5, 0.6) is 0 Å². The lowest BCUT2D eigenvalue weighted by Gasteiger charge is -2.36. The van der Waals surface area contributed by atoms with E-state index in [1.165, 1.54) is 4.57 Å². The second kappa shape index (κ2) is 8.42. The highest BCUT2D eigenvalue weighted by atomic mass is 16.2. The molecule has 1 fully saturated rings. The number of pyridine rings is 1. The number of carbonyl (C=O) groups excluding carboxylic acids is 1. The molecule has 0 aromatic carbocycles. The summed E-state index contributed by atoms with van der Waals surface area (Å²) in [6.45, 7) is 8.10. The number of rotatable bonds is 3. The van der Waals surface area contributed by atoms with E-state index in [2.05, 4.69) is 23.7 Å². The van der Waals surface area contributed by atoms with E-state index >= 15 is 0 Å². The number of aromatic amines is 1. The number of carbonyl (C=O) groups is 1. The van der Waals surface area contributed by atoms with E-state index in [1.807, 2.05) is 6.92 Å². The third-order valence-corrected chi connectivity index (χ3v) is 6.71. The van der Waals surface area contributed by atoms with Gasteiger partial charge in [0.1, 0.15) is 11.4 Å².